The molecule has 0 spiro atoms. The normalized spacial score (nSPS) is 21.3. The minimum Gasteiger partial charge on any atom is -0.548 e. The van der Waals surface area contributed by atoms with Crippen LogP contribution in [-0.4, -0.2) is 34.6 Å². The summed E-state index contributed by atoms with van der Waals surface area (Å²) in [5.74, 6) is -1.88. The van der Waals surface area contributed by atoms with Gasteiger partial charge in [0.25, 0.3) is 0 Å². The number of carboxylic acid groups (broad SMARTS) is 1. The number of nitrogens with zero attached hydrogens (tertiary/aromatic N) is 1. The van der Waals surface area contributed by atoms with E-state index in [1.807, 2.05) is 0 Å². The highest BCUT2D eigenvalue weighted by Gasteiger charge is 2.47. The number of ether oxygens (including phenoxy) is 1. The standard InChI is InChI=1S/C17H22FNO4/c1-16(2,3)23-15(22)19-10-6-9-17(19,14(20)21)11-12-7-4-5-8-13(12)18/h4-5,7-8H,6,9-11H2,1-3H3,(H,20,21)/p-1/t17-/m1/s1. The minimum atomic E-state index is -1.58. The van der Waals surface area contributed by atoms with Gasteiger partial charge in [0, 0.05) is 13.0 Å². The fraction of sp³-hybridized carbons (Fsp3) is 0.529. The lowest BCUT2D eigenvalue weighted by atomic mass is 9.88. The second-order valence-corrected chi connectivity index (χ2v) is 6.82. The van der Waals surface area contributed by atoms with Gasteiger partial charge in [-0.05, 0) is 45.2 Å². The van der Waals surface area contributed by atoms with E-state index in [4.69, 9.17) is 4.74 Å². The number of carbonyl (C=O) groups is 2. The zero-order valence-electron chi connectivity index (χ0n) is 13.6. The van der Waals surface area contributed by atoms with Crippen LogP contribution >= 0.6 is 0 Å². The lowest BCUT2D eigenvalue weighted by Crippen LogP contribution is -2.60. The Balaban J connectivity index is 2.33. The number of aliphatic carboxylic acids is 1. The fourth-order valence-electron chi connectivity index (χ4n) is 2.89. The van der Waals surface area contributed by atoms with Crippen LogP contribution < -0.4 is 5.11 Å². The molecule has 0 radical (unpaired) electrons. The number of hydrogen-bond acceptors (Lipinski definition) is 4. The van der Waals surface area contributed by atoms with Crippen molar-refractivity contribution < 1.29 is 23.8 Å². The molecule has 1 amide bonds. The number of hydrogen-bond donors (Lipinski definition) is 0. The predicted octanol–water partition coefficient (Wildman–Crippen LogP) is 1.89. The molecule has 1 aliphatic rings. The Morgan fingerprint density at radius 2 is 2.00 bits per heavy atom. The molecule has 2 rings (SSSR count). The van der Waals surface area contributed by atoms with Gasteiger partial charge in [0.2, 0.25) is 0 Å². The molecule has 0 saturated carbocycles. The van der Waals surface area contributed by atoms with Crippen molar-refractivity contribution in [3.63, 3.8) is 0 Å². The number of likely N-dealkylation sites (tertiary alicyclic amines) is 1. The fourth-order valence-corrected chi connectivity index (χ4v) is 2.89. The predicted molar refractivity (Wildman–Crippen MR) is 80.0 cm³/mol. The summed E-state index contributed by atoms with van der Waals surface area (Å²) in [6, 6.07) is 5.95. The largest absolute Gasteiger partial charge is 0.548 e. The Bertz CT molecular complexity index is 611. The van der Waals surface area contributed by atoms with Crippen LogP contribution in [0.4, 0.5) is 9.18 Å². The van der Waals surface area contributed by atoms with E-state index in [9.17, 15) is 19.1 Å². The third-order valence-electron chi connectivity index (χ3n) is 3.92. The Morgan fingerprint density at radius 1 is 1.35 bits per heavy atom. The van der Waals surface area contributed by atoms with Crippen LogP contribution in [0.15, 0.2) is 24.3 Å². The highest BCUT2D eigenvalue weighted by Crippen LogP contribution is 2.34. The first-order valence-electron chi connectivity index (χ1n) is 7.61. The molecule has 126 valence electrons. The van der Waals surface area contributed by atoms with E-state index in [1.165, 1.54) is 23.1 Å². The van der Waals surface area contributed by atoms with E-state index in [1.54, 1.807) is 26.8 Å². The van der Waals surface area contributed by atoms with Gasteiger partial charge in [0.05, 0.1) is 11.5 Å². The number of halogens is 1. The molecule has 1 aromatic carbocycles. The van der Waals surface area contributed by atoms with Crippen molar-refractivity contribution in [2.24, 2.45) is 0 Å². The Hall–Kier alpha value is -2.11. The Labute approximate surface area is 135 Å². The summed E-state index contributed by atoms with van der Waals surface area (Å²) >= 11 is 0. The van der Waals surface area contributed by atoms with Gasteiger partial charge < -0.3 is 14.6 Å². The summed E-state index contributed by atoms with van der Waals surface area (Å²) in [6.07, 6.45) is -0.137. The first-order valence-corrected chi connectivity index (χ1v) is 7.61. The summed E-state index contributed by atoms with van der Waals surface area (Å²) in [5.41, 5.74) is -2.08. The molecule has 0 unspecified atom stereocenters. The van der Waals surface area contributed by atoms with Crippen LogP contribution in [0.3, 0.4) is 0 Å². The highest BCUT2D eigenvalue weighted by atomic mass is 19.1. The molecular weight excluding hydrogens is 301 g/mol. The molecular formula is C17H21FNO4-. The van der Waals surface area contributed by atoms with Crippen molar-refractivity contribution in [1.82, 2.24) is 4.90 Å². The summed E-state index contributed by atoms with van der Waals surface area (Å²) in [4.78, 5) is 25.4. The van der Waals surface area contributed by atoms with Gasteiger partial charge in [-0.15, -0.1) is 0 Å². The van der Waals surface area contributed by atoms with Crippen molar-refractivity contribution in [3.05, 3.63) is 35.6 Å². The lowest BCUT2D eigenvalue weighted by Gasteiger charge is -2.40. The highest BCUT2D eigenvalue weighted by molar-refractivity contribution is 5.84. The maximum Gasteiger partial charge on any atom is 0.411 e. The molecule has 1 aromatic rings. The smallest absolute Gasteiger partial charge is 0.411 e. The topological polar surface area (TPSA) is 69.7 Å². The number of rotatable bonds is 3. The molecule has 1 aliphatic heterocycles. The van der Waals surface area contributed by atoms with Gasteiger partial charge in [-0.1, -0.05) is 18.2 Å². The van der Waals surface area contributed by atoms with E-state index in [0.717, 1.165) is 0 Å². The monoisotopic (exact) mass is 322 g/mol. The molecule has 1 heterocycles. The third-order valence-corrected chi connectivity index (χ3v) is 3.92. The molecule has 23 heavy (non-hydrogen) atoms. The maximum absolute atomic E-state index is 13.9. The quantitative estimate of drug-likeness (QED) is 0.852. The molecule has 0 N–H and O–H groups in total. The van der Waals surface area contributed by atoms with E-state index in [2.05, 4.69) is 0 Å². The minimum absolute atomic E-state index is 0.138. The zero-order chi connectivity index (χ0) is 17.3. The number of benzene rings is 1. The van der Waals surface area contributed by atoms with Crippen LogP contribution in [-0.2, 0) is 16.0 Å². The zero-order valence-corrected chi connectivity index (χ0v) is 13.6. The van der Waals surface area contributed by atoms with Crippen LogP contribution in [0.1, 0.15) is 39.2 Å². The number of amides is 1. The number of carboxylic acids is 1. The molecule has 1 saturated heterocycles. The summed E-state index contributed by atoms with van der Waals surface area (Å²) in [5, 5.41) is 11.8. The summed E-state index contributed by atoms with van der Waals surface area (Å²) in [6.45, 7) is 5.37. The van der Waals surface area contributed by atoms with Gasteiger partial charge >= 0.3 is 6.09 Å². The van der Waals surface area contributed by atoms with Crippen LogP contribution in [0.25, 0.3) is 0 Å². The average Bonchev–Trinajstić information content (AvgIpc) is 2.84. The van der Waals surface area contributed by atoms with Crippen molar-refractivity contribution in [1.29, 1.82) is 0 Å². The molecule has 6 heteroatoms. The Kier molecular flexibility index (Phi) is 4.63. The molecule has 5 nitrogen and oxygen atoms in total. The third kappa shape index (κ3) is 3.63. The molecule has 0 aliphatic carbocycles. The summed E-state index contributed by atoms with van der Waals surface area (Å²) < 4.78 is 19.2. The van der Waals surface area contributed by atoms with Gasteiger partial charge in [-0.25, -0.2) is 9.18 Å². The second-order valence-electron chi connectivity index (χ2n) is 6.82. The van der Waals surface area contributed by atoms with Gasteiger partial charge in [0.15, 0.2) is 0 Å². The van der Waals surface area contributed by atoms with Crippen LogP contribution in [0.5, 0.6) is 0 Å². The van der Waals surface area contributed by atoms with Crippen LogP contribution in [0.2, 0.25) is 0 Å². The molecule has 1 fully saturated rings. The second kappa shape index (κ2) is 6.18. The van der Waals surface area contributed by atoms with Crippen molar-refractivity contribution in [2.45, 2.75) is 51.2 Å². The SMILES string of the molecule is CC(C)(C)OC(=O)N1CCC[C@@]1(Cc1ccccc1F)C(=O)[O-]. The molecule has 0 aromatic heterocycles. The molecule has 1 atom stereocenters. The first-order chi connectivity index (χ1) is 10.7. The lowest BCUT2D eigenvalue weighted by molar-refractivity contribution is -0.317. The van der Waals surface area contributed by atoms with Gasteiger partial charge in [-0.3, -0.25) is 4.90 Å². The van der Waals surface area contributed by atoms with E-state index in [0.29, 0.717) is 6.42 Å². The van der Waals surface area contributed by atoms with E-state index >= 15 is 0 Å². The Morgan fingerprint density at radius 3 is 2.57 bits per heavy atom. The van der Waals surface area contributed by atoms with Crippen molar-refractivity contribution >= 4 is 12.1 Å². The number of carbonyl (C=O) groups excluding carboxylic acids is 2. The summed E-state index contributed by atoms with van der Waals surface area (Å²) in [7, 11) is 0. The average molecular weight is 322 g/mol. The first kappa shape index (κ1) is 17.2. The van der Waals surface area contributed by atoms with E-state index < -0.39 is 29.0 Å². The van der Waals surface area contributed by atoms with Crippen molar-refractivity contribution in [2.75, 3.05) is 6.54 Å². The molecule has 0 bridgehead atoms. The van der Waals surface area contributed by atoms with Gasteiger partial charge in [-0.2, -0.15) is 0 Å². The maximum atomic E-state index is 13.9. The van der Waals surface area contributed by atoms with Gasteiger partial charge in [0.1, 0.15) is 11.4 Å². The van der Waals surface area contributed by atoms with Crippen LogP contribution in [0, 0.1) is 5.82 Å². The van der Waals surface area contributed by atoms with E-state index in [-0.39, 0.29) is 24.9 Å². The van der Waals surface area contributed by atoms with Crippen molar-refractivity contribution in [3.8, 4) is 0 Å².